The molecule has 1 fully saturated rings. The predicted molar refractivity (Wildman–Crippen MR) is 74.3 cm³/mol. The summed E-state index contributed by atoms with van der Waals surface area (Å²) in [6.45, 7) is 1.77. The number of pyridine rings is 1. The molecule has 1 aromatic rings. The molecule has 1 aromatic heterocycles. The highest BCUT2D eigenvalue weighted by Gasteiger charge is 2.33. The molecule has 0 saturated heterocycles. The Labute approximate surface area is 118 Å². The molecule has 5 nitrogen and oxygen atoms in total. The van der Waals surface area contributed by atoms with Gasteiger partial charge in [0.25, 0.3) is 0 Å². The number of carboxylic acids is 1. The van der Waals surface area contributed by atoms with E-state index in [9.17, 15) is 9.59 Å². The number of amides is 1. The van der Waals surface area contributed by atoms with Crippen molar-refractivity contribution in [1.82, 2.24) is 9.88 Å². The van der Waals surface area contributed by atoms with Gasteiger partial charge >= 0.3 is 5.97 Å². The summed E-state index contributed by atoms with van der Waals surface area (Å²) in [4.78, 5) is 28.5. The molecule has 1 aliphatic carbocycles. The summed E-state index contributed by atoms with van der Waals surface area (Å²) in [5.74, 6) is -0.976. The lowest BCUT2D eigenvalue weighted by molar-refractivity contribution is -0.144. The number of aliphatic carboxylic acids is 1. The Morgan fingerprint density at radius 2 is 2.20 bits per heavy atom. The summed E-state index contributed by atoms with van der Waals surface area (Å²) >= 11 is 0. The minimum absolute atomic E-state index is 0.0410. The van der Waals surface area contributed by atoms with Crippen LogP contribution in [-0.2, 0) is 16.0 Å². The number of aryl methyl sites for hydroxylation is 2. The Morgan fingerprint density at radius 3 is 2.80 bits per heavy atom. The second-order valence-corrected chi connectivity index (χ2v) is 5.31. The van der Waals surface area contributed by atoms with Crippen LogP contribution in [-0.4, -0.2) is 39.5 Å². The molecular formula is C15H20N2O3. The quantitative estimate of drug-likeness (QED) is 0.824. The van der Waals surface area contributed by atoms with E-state index in [0.29, 0.717) is 6.42 Å². The van der Waals surface area contributed by atoms with Gasteiger partial charge in [0.1, 0.15) is 6.54 Å². The maximum atomic E-state index is 12.1. The number of hydrogen-bond donors (Lipinski definition) is 1. The zero-order valence-electron chi connectivity index (χ0n) is 11.7. The van der Waals surface area contributed by atoms with E-state index in [4.69, 9.17) is 5.11 Å². The minimum atomic E-state index is -0.935. The average Bonchev–Trinajstić information content (AvgIpc) is 3.20. The van der Waals surface area contributed by atoms with Gasteiger partial charge in [0.05, 0.1) is 0 Å². The van der Waals surface area contributed by atoms with E-state index in [0.717, 1.165) is 31.4 Å². The largest absolute Gasteiger partial charge is 0.480 e. The second kappa shape index (κ2) is 6.50. The molecule has 2 rings (SSSR count). The van der Waals surface area contributed by atoms with Crippen LogP contribution in [0.1, 0.15) is 36.9 Å². The molecule has 0 unspecified atom stereocenters. The molecule has 0 spiro atoms. The third-order valence-electron chi connectivity index (χ3n) is 3.43. The van der Waals surface area contributed by atoms with Crippen molar-refractivity contribution in [1.29, 1.82) is 0 Å². The highest BCUT2D eigenvalue weighted by Crippen LogP contribution is 2.27. The normalized spacial score (nSPS) is 14.1. The first kappa shape index (κ1) is 14.5. The van der Waals surface area contributed by atoms with Crippen LogP contribution in [0.2, 0.25) is 0 Å². The fraction of sp³-hybridized carbons (Fsp3) is 0.533. The lowest BCUT2D eigenvalue weighted by Crippen LogP contribution is -2.37. The second-order valence-electron chi connectivity index (χ2n) is 5.31. The summed E-state index contributed by atoms with van der Waals surface area (Å²) in [6, 6.07) is 4.12. The van der Waals surface area contributed by atoms with Crippen molar-refractivity contribution < 1.29 is 14.7 Å². The van der Waals surface area contributed by atoms with E-state index in [2.05, 4.69) is 4.98 Å². The maximum Gasteiger partial charge on any atom is 0.323 e. The van der Waals surface area contributed by atoms with Gasteiger partial charge < -0.3 is 10.0 Å². The molecule has 1 heterocycles. The Kier molecular flexibility index (Phi) is 4.71. The summed E-state index contributed by atoms with van der Waals surface area (Å²) in [5.41, 5.74) is 2.14. The highest BCUT2D eigenvalue weighted by molar-refractivity contribution is 5.81. The monoisotopic (exact) mass is 276 g/mol. The van der Waals surface area contributed by atoms with Crippen LogP contribution >= 0.6 is 0 Å². The lowest BCUT2D eigenvalue weighted by atomic mass is 10.1. The van der Waals surface area contributed by atoms with Gasteiger partial charge in [-0.25, -0.2) is 0 Å². The Hall–Kier alpha value is -1.91. The number of nitrogens with zero attached hydrogens (tertiary/aromatic N) is 2. The first-order chi connectivity index (χ1) is 9.56. The molecule has 0 aliphatic heterocycles. The van der Waals surface area contributed by atoms with Crippen molar-refractivity contribution in [2.24, 2.45) is 0 Å². The molecule has 0 bridgehead atoms. The molecule has 1 aliphatic rings. The smallest absolute Gasteiger partial charge is 0.323 e. The van der Waals surface area contributed by atoms with E-state index < -0.39 is 5.97 Å². The lowest BCUT2D eigenvalue weighted by Gasteiger charge is -2.20. The molecule has 0 atom stereocenters. The van der Waals surface area contributed by atoms with Gasteiger partial charge in [0.2, 0.25) is 5.91 Å². The summed E-state index contributed by atoms with van der Waals surface area (Å²) in [6.07, 6.45) is 5.61. The summed E-state index contributed by atoms with van der Waals surface area (Å²) < 4.78 is 0. The van der Waals surface area contributed by atoms with Crippen molar-refractivity contribution in [3.8, 4) is 0 Å². The molecule has 108 valence electrons. The van der Waals surface area contributed by atoms with Crippen LogP contribution in [0.5, 0.6) is 0 Å². The van der Waals surface area contributed by atoms with Gasteiger partial charge in [0, 0.05) is 24.4 Å². The van der Waals surface area contributed by atoms with Crippen molar-refractivity contribution in [3.63, 3.8) is 0 Å². The maximum absolute atomic E-state index is 12.1. The standard InChI is InChI=1S/C15H20N2O3/c1-11-9-12(7-8-16-11)3-2-4-14(18)17(10-15(19)20)13-5-6-13/h7-9,13H,2-6,10H2,1H3,(H,19,20). The van der Waals surface area contributed by atoms with Crippen LogP contribution in [0.15, 0.2) is 18.3 Å². The van der Waals surface area contributed by atoms with Crippen molar-refractivity contribution >= 4 is 11.9 Å². The van der Waals surface area contributed by atoms with Gasteiger partial charge in [-0.05, 0) is 50.3 Å². The number of hydrogen-bond acceptors (Lipinski definition) is 3. The number of carbonyl (C=O) groups excluding carboxylic acids is 1. The Bertz CT molecular complexity index is 498. The zero-order valence-corrected chi connectivity index (χ0v) is 11.7. The van der Waals surface area contributed by atoms with E-state index in [1.165, 1.54) is 10.5 Å². The first-order valence-corrected chi connectivity index (χ1v) is 6.99. The Morgan fingerprint density at radius 1 is 1.45 bits per heavy atom. The van der Waals surface area contributed by atoms with E-state index in [1.807, 2.05) is 19.1 Å². The fourth-order valence-corrected chi connectivity index (χ4v) is 2.30. The molecule has 5 heteroatoms. The van der Waals surface area contributed by atoms with Crippen LogP contribution in [0.4, 0.5) is 0 Å². The number of carboxylic acid groups (broad SMARTS) is 1. The van der Waals surface area contributed by atoms with Gasteiger partial charge in [0.15, 0.2) is 0 Å². The van der Waals surface area contributed by atoms with E-state index in [1.54, 1.807) is 6.20 Å². The van der Waals surface area contributed by atoms with Gasteiger partial charge in [-0.2, -0.15) is 0 Å². The number of carbonyl (C=O) groups is 2. The van der Waals surface area contributed by atoms with Crippen molar-refractivity contribution in [2.75, 3.05) is 6.54 Å². The topological polar surface area (TPSA) is 70.5 Å². The van der Waals surface area contributed by atoms with E-state index in [-0.39, 0.29) is 18.5 Å². The average molecular weight is 276 g/mol. The fourth-order valence-electron chi connectivity index (χ4n) is 2.30. The minimum Gasteiger partial charge on any atom is -0.480 e. The van der Waals surface area contributed by atoms with Crippen LogP contribution in [0, 0.1) is 6.92 Å². The predicted octanol–water partition coefficient (Wildman–Crippen LogP) is 1.79. The SMILES string of the molecule is Cc1cc(CCCC(=O)N(CC(=O)O)C2CC2)ccn1. The molecule has 1 saturated carbocycles. The Balaban J connectivity index is 1.80. The molecule has 1 N–H and O–H groups in total. The molecular weight excluding hydrogens is 256 g/mol. The van der Waals surface area contributed by atoms with Gasteiger partial charge in [-0.3, -0.25) is 14.6 Å². The van der Waals surface area contributed by atoms with Gasteiger partial charge in [-0.1, -0.05) is 0 Å². The third kappa shape index (κ3) is 4.33. The van der Waals surface area contributed by atoms with Crippen LogP contribution in [0.25, 0.3) is 0 Å². The van der Waals surface area contributed by atoms with E-state index >= 15 is 0 Å². The number of rotatable bonds is 7. The van der Waals surface area contributed by atoms with Crippen molar-refractivity contribution in [2.45, 2.75) is 45.1 Å². The summed E-state index contributed by atoms with van der Waals surface area (Å²) in [5, 5.41) is 8.84. The first-order valence-electron chi connectivity index (χ1n) is 6.99. The summed E-state index contributed by atoms with van der Waals surface area (Å²) in [7, 11) is 0. The number of aromatic nitrogens is 1. The molecule has 20 heavy (non-hydrogen) atoms. The van der Waals surface area contributed by atoms with Crippen LogP contribution < -0.4 is 0 Å². The van der Waals surface area contributed by atoms with Crippen LogP contribution in [0.3, 0.4) is 0 Å². The van der Waals surface area contributed by atoms with Gasteiger partial charge in [-0.15, -0.1) is 0 Å². The molecule has 0 radical (unpaired) electrons. The van der Waals surface area contributed by atoms with Crippen molar-refractivity contribution in [3.05, 3.63) is 29.6 Å². The molecule has 0 aromatic carbocycles. The molecule has 1 amide bonds. The highest BCUT2D eigenvalue weighted by atomic mass is 16.4. The third-order valence-corrected chi connectivity index (χ3v) is 3.43. The zero-order chi connectivity index (χ0) is 14.5.